The van der Waals surface area contributed by atoms with Gasteiger partial charge >= 0.3 is 0 Å². The molecule has 1 aromatic carbocycles. The minimum atomic E-state index is 0.523. The van der Waals surface area contributed by atoms with Crippen LogP contribution in [0.4, 0.5) is 0 Å². The molecular formula is C23H36ClN3OS. The van der Waals surface area contributed by atoms with Gasteiger partial charge in [0.2, 0.25) is 0 Å². The summed E-state index contributed by atoms with van der Waals surface area (Å²) in [7, 11) is 0. The van der Waals surface area contributed by atoms with Crippen LogP contribution in [0.5, 0.6) is 0 Å². The Morgan fingerprint density at radius 3 is 2.41 bits per heavy atom. The number of hydrogen-bond acceptors (Lipinski definition) is 3. The van der Waals surface area contributed by atoms with Gasteiger partial charge in [-0.25, -0.2) is 0 Å². The summed E-state index contributed by atoms with van der Waals surface area (Å²) < 4.78 is 5.46. The maximum absolute atomic E-state index is 6.07. The summed E-state index contributed by atoms with van der Waals surface area (Å²) in [5.41, 5.74) is 1.25. The summed E-state index contributed by atoms with van der Waals surface area (Å²) in [6, 6.07) is 8.67. The van der Waals surface area contributed by atoms with Crippen LogP contribution in [0.3, 0.4) is 0 Å². The summed E-state index contributed by atoms with van der Waals surface area (Å²) >= 11 is 12.0. The molecule has 0 amide bonds. The molecule has 0 aromatic heterocycles. The molecule has 1 aliphatic heterocycles. The Balaban J connectivity index is 1.55. The van der Waals surface area contributed by atoms with Gasteiger partial charge in [-0.05, 0) is 49.2 Å². The Kier molecular flexibility index (Phi) is 10.0. The molecule has 2 fully saturated rings. The molecule has 3 rings (SSSR count). The second-order valence-corrected chi connectivity index (χ2v) is 9.17. The zero-order chi connectivity index (χ0) is 20.3. The summed E-state index contributed by atoms with van der Waals surface area (Å²) in [5, 5.41) is 5.39. The van der Waals surface area contributed by atoms with Gasteiger partial charge < -0.3 is 15.0 Å². The van der Waals surface area contributed by atoms with Gasteiger partial charge in [-0.1, -0.05) is 55.8 Å². The highest BCUT2D eigenvalue weighted by molar-refractivity contribution is 7.80. The third-order valence-electron chi connectivity index (χ3n) is 6.01. The molecule has 1 heterocycles. The highest BCUT2D eigenvalue weighted by Gasteiger charge is 2.17. The number of hydrogen-bond donors (Lipinski definition) is 1. The van der Waals surface area contributed by atoms with Gasteiger partial charge in [0.25, 0.3) is 0 Å². The summed E-state index contributed by atoms with van der Waals surface area (Å²) in [5.74, 6) is 0. The van der Waals surface area contributed by atoms with E-state index in [9.17, 15) is 0 Å². The van der Waals surface area contributed by atoms with E-state index in [-0.39, 0.29) is 0 Å². The van der Waals surface area contributed by atoms with Gasteiger partial charge in [0.1, 0.15) is 0 Å². The molecule has 1 saturated heterocycles. The van der Waals surface area contributed by atoms with E-state index in [1.54, 1.807) is 0 Å². The fraction of sp³-hybridized carbons (Fsp3) is 0.696. The summed E-state index contributed by atoms with van der Waals surface area (Å²) in [4.78, 5) is 4.84. The van der Waals surface area contributed by atoms with Gasteiger partial charge in [0, 0.05) is 43.8 Å². The Labute approximate surface area is 186 Å². The van der Waals surface area contributed by atoms with Gasteiger partial charge in [-0.15, -0.1) is 0 Å². The van der Waals surface area contributed by atoms with Crippen LogP contribution < -0.4 is 5.32 Å². The van der Waals surface area contributed by atoms with Gasteiger partial charge in [0.05, 0.1) is 13.2 Å². The fourth-order valence-corrected chi connectivity index (χ4v) is 4.69. The van der Waals surface area contributed by atoms with E-state index in [1.807, 2.05) is 12.1 Å². The first-order chi connectivity index (χ1) is 14.2. The average Bonchev–Trinajstić information content (AvgIpc) is 2.71. The molecule has 0 atom stereocenters. The van der Waals surface area contributed by atoms with Crippen LogP contribution in [0.25, 0.3) is 0 Å². The van der Waals surface area contributed by atoms with Crippen molar-refractivity contribution in [1.29, 1.82) is 0 Å². The third-order valence-corrected chi connectivity index (χ3v) is 6.64. The predicted molar refractivity (Wildman–Crippen MR) is 126 cm³/mol. The normalized spacial score (nSPS) is 19.3. The predicted octanol–water partition coefficient (Wildman–Crippen LogP) is 4.85. The Hall–Kier alpha value is -0.880. The topological polar surface area (TPSA) is 27.7 Å². The van der Waals surface area contributed by atoms with Crippen molar-refractivity contribution in [2.75, 3.05) is 39.4 Å². The molecule has 162 valence electrons. The monoisotopic (exact) mass is 437 g/mol. The Morgan fingerprint density at radius 1 is 1.07 bits per heavy atom. The SMILES string of the molecule is S=C(NC1CCCCCCC1)N(CCCN1CCOCC1)Cc1ccc(Cl)cc1. The second kappa shape index (κ2) is 12.7. The molecule has 0 radical (unpaired) electrons. The number of ether oxygens (including phenoxy) is 1. The first-order valence-electron chi connectivity index (χ1n) is 11.3. The Morgan fingerprint density at radius 2 is 1.72 bits per heavy atom. The van der Waals surface area contributed by atoms with Crippen LogP contribution in [0, 0.1) is 0 Å². The van der Waals surface area contributed by atoms with Crippen LogP contribution in [0.15, 0.2) is 24.3 Å². The molecule has 4 nitrogen and oxygen atoms in total. The van der Waals surface area contributed by atoms with Crippen molar-refractivity contribution in [3.63, 3.8) is 0 Å². The molecule has 0 unspecified atom stereocenters. The fourth-order valence-electron chi connectivity index (χ4n) is 4.24. The lowest BCUT2D eigenvalue weighted by molar-refractivity contribution is 0.0367. The first kappa shape index (κ1) is 22.8. The largest absolute Gasteiger partial charge is 0.379 e. The van der Waals surface area contributed by atoms with E-state index in [1.165, 1.54) is 50.5 Å². The molecular weight excluding hydrogens is 402 g/mol. The number of morpholine rings is 1. The number of nitrogens with zero attached hydrogens (tertiary/aromatic N) is 2. The zero-order valence-corrected chi connectivity index (χ0v) is 19.2. The molecule has 0 spiro atoms. The van der Waals surface area contributed by atoms with E-state index in [0.717, 1.165) is 62.5 Å². The highest BCUT2D eigenvalue weighted by atomic mass is 35.5. The van der Waals surface area contributed by atoms with Crippen LogP contribution in [0.1, 0.15) is 56.9 Å². The molecule has 2 aliphatic rings. The van der Waals surface area contributed by atoms with Crippen molar-refractivity contribution in [3.8, 4) is 0 Å². The number of halogens is 1. The third kappa shape index (κ3) is 8.41. The lowest BCUT2D eigenvalue weighted by atomic mass is 9.97. The lowest BCUT2D eigenvalue weighted by Gasteiger charge is -2.32. The smallest absolute Gasteiger partial charge is 0.169 e. The van der Waals surface area contributed by atoms with Crippen molar-refractivity contribution < 1.29 is 4.74 Å². The second-order valence-electron chi connectivity index (χ2n) is 8.35. The van der Waals surface area contributed by atoms with Crippen LogP contribution in [-0.2, 0) is 11.3 Å². The number of benzene rings is 1. The van der Waals surface area contributed by atoms with Crippen LogP contribution in [0.2, 0.25) is 5.02 Å². The number of nitrogens with one attached hydrogen (secondary N) is 1. The van der Waals surface area contributed by atoms with Gasteiger partial charge in [-0.3, -0.25) is 4.90 Å². The van der Waals surface area contributed by atoms with Gasteiger partial charge in [0.15, 0.2) is 5.11 Å². The van der Waals surface area contributed by atoms with Crippen LogP contribution >= 0.6 is 23.8 Å². The van der Waals surface area contributed by atoms with Crippen LogP contribution in [-0.4, -0.2) is 60.3 Å². The van der Waals surface area contributed by atoms with Gasteiger partial charge in [-0.2, -0.15) is 0 Å². The van der Waals surface area contributed by atoms with Crippen molar-refractivity contribution in [3.05, 3.63) is 34.9 Å². The van der Waals surface area contributed by atoms with Crippen molar-refractivity contribution in [1.82, 2.24) is 15.1 Å². The van der Waals surface area contributed by atoms with Crippen molar-refractivity contribution >= 4 is 28.9 Å². The van der Waals surface area contributed by atoms with Crippen molar-refractivity contribution in [2.24, 2.45) is 0 Å². The molecule has 1 aliphatic carbocycles. The molecule has 0 bridgehead atoms. The number of rotatable bonds is 7. The quantitative estimate of drug-likeness (QED) is 0.615. The lowest BCUT2D eigenvalue weighted by Crippen LogP contribution is -2.45. The molecule has 1 N–H and O–H groups in total. The minimum absolute atomic E-state index is 0.523. The van der Waals surface area contributed by atoms with E-state index in [4.69, 9.17) is 28.6 Å². The van der Waals surface area contributed by atoms with E-state index in [2.05, 4.69) is 27.2 Å². The molecule has 29 heavy (non-hydrogen) atoms. The van der Waals surface area contributed by atoms with E-state index >= 15 is 0 Å². The Bertz CT molecular complexity index is 599. The molecule has 1 aromatic rings. The molecule has 1 saturated carbocycles. The molecule has 6 heteroatoms. The summed E-state index contributed by atoms with van der Waals surface area (Å²) in [6.45, 7) is 6.71. The van der Waals surface area contributed by atoms with Crippen molar-refractivity contribution in [2.45, 2.75) is 64.0 Å². The highest BCUT2D eigenvalue weighted by Crippen LogP contribution is 2.18. The number of thiocarbonyl (C=S) groups is 1. The standard InChI is InChI=1S/C23H36ClN3OS/c24-21-11-9-20(10-12-21)19-27(14-6-13-26-15-17-28-18-16-26)23(29)25-22-7-4-2-1-3-5-8-22/h9-12,22H,1-8,13-19H2,(H,25,29). The van der Waals surface area contributed by atoms with E-state index in [0.29, 0.717) is 6.04 Å². The maximum Gasteiger partial charge on any atom is 0.169 e. The summed E-state index contributed by atoms with van der Waals surface area (Å²) in [6.07, 6.45) is 10.3. The van der Waals surface area contributed by atoms with E-state index < -0.39 is 0 Å². The minimum Gasteiger partial charge on any atom is -0.379 e. The average molecular weight is 438 g/mol. The maximum atomic E-state index is 6.07. The first-order valence-corrected chi connectivity index (χ1v) is 12.1. The zero-order valence-electron chi connectivity index (χ0n) is 17.6.